The van der Waals surface area contributed by atoms with E-state index in [2.05, 4.69) is 10.3 Å². The Morgan fingerprint density at radius 3 is 2.82 bits per heavy atom. The van der Waals surface area contributed by atoms with Crippen LogP contribution in [0.3, 0.4) is 0 Å². The first-order chi connectivity index (χ1) is 8.14. The van der Waals surface area contributed by atoms with Gasteiger partial charge in [0.25, 0.3) is 0 Å². The number of benzene rings is 1. The Morgan fingerprint density at radius 1 is 1.41 bits per heavy atom. The molecule has 1 amide bonds. The van der Waals surface area contributed by atoms with Gasteiger partial charge in [-0.2, -0.15) is 4.99 Å². The summed E-state index contributed by atoms with van der Waals surface area (Å²) in [4.78, 5) is 25.7. The average Bonchev–Trinajstić information content (AvgIpc) is 2.94. The van der Waals surface area contributed by atoms with Crippen molar-refractivity contribution in [2.24, 2.45) is 4.99 Å². The summed E-state index contributed by atoms with van der Waals surface area (Å²) < 4.78 is 0. The van der Waals surface area contributed by atoms with E-state index >= 15 is 0 Å². The number of nitrogens with zero attached hydrogens (tertiary/aromatic N) is 1. The molecule has 4 nitrogen and oxygen atoms in total. The van der Waals surface area contributed by atoms with Crippen LogP contribution in [-0.2, 0) is 21.5 Å². The lowest BCUT2D eigenvalue weighted by Crippen LogP contribution is -2.09. The number of isocyanates is 1. The van der Waals surface area contributed by atoms with Gasteiger partial charge in [-0.05, 0) is 30.5 Å². The highest BCUT2D eigenvalue weighted by Crippen LogP contribution is 2.53. The fourth-order valence-corrected chi connectivity index (χ4v) is 2.56. The summed E-state index contributed by atoms with van der Waals surface area (Å²) in [6, 6.07) is 3.55. The van der Waals surface area contributed by atoms with Gasteiger partial charge in [-0.3, -0.25) is 4.79 Å². The zero-order valence-electron chi connectivity index (χ0n) is 8.92. The molecule has 1 fully saturated rings. The Hall–Kier alpha value is -1.64. The van der Waals surface area contributed by atoms with Gasteiger partial charge in [0.2, 0.25) is 12.0 Å². The van der Waals surface area contributed by atoms with Gasteiger partial charge in [-0.25, -0.2) is 4.79 Å². The van der Waals surface area contributed by atoms with Crippen molar-refractivity contribution in [3.05, 3.63) is 28.3 Å². The van der Waals surface area contributed by atoms with E-state index in [-0.39, 0.29) is 5.91 Å². The maximum Gasteiger partial charge on any atom is 0.235 e. The number of anilines is 1. The van der Waals surface area contributed by atoms with Crippen molar-refractivity contribution < 1.29 is 9.59 Å². The monoisotopic (exact) mass is 248 g/mol. The van der Waals surface area contributed by atoms with Crippen LogP contribution in [0.25, 0.3) is 0 Å². The van der Waals surface area contributed by atoms with E-state index in [9.17, 15) is 9.59 Å². The maximum atomic E-state index is 11.4. The van der Waals surface area contributed by atoms with Gasteiger partial charge in [-0.15, -0.1) is 0 Å². The first kappa shape index (κ1) is 10.5. The van der Waals surface area contributed by atoms with Crippen LogP contribution >= 0.6 is 11.6 Å². The van der Waals surface area contributed by atoms with Crippen molar-refractivity contribution in [1.29, 1.82) is 0 Å². The SMILES string of the molecule is O=C=NC1(c2cc(Cl)cc3c2NC(=O)C3)CC1. The molecule has 5 heteroatoms. The predicted molar refractivity (Wildman–Crippen MR) is 62.8 cm³/mol. The minimum atomic E-state index is -0.506. The summed E-state index contributed by atoms with van der Waals surface area (Å²) in [7, 11) is 0. The Labute approximate surface area is 103 Å². The number of carbonyl (C=O) groups excluding carboxylic acids is 2. The molecule has 0 atom stereocenters. The molecule has 0 unspecified atom stereocenters. The lowest BCUT2D eigenvalue weighted by Gasteiger charge is -2.14. The smallest absolute Gasteiger partial charge is 0.235 e. The highest BCUT2D eigenvalue weighted by Gasteiger charge is 2.47. The van der Waals surface area contributed by atoms with Gasteiger partial charge in [0.15, 0.2) is 0 Å². The molecule has 1 N–H and O–H groups in total. The second kappa shape index (κ2) is 3.42. The van der Waals surface area contributed by atoms with Crippen LogP contribution in [0, 0.1) is 0 Å². The minimum Gasteiger partial charge on any atom is -0.325 e. The molecule has 86 valence electrons. The molecule has 0 spiro atoms. The van der Waals surface area contributed by atoms with Crippen molar-refractivity contribution in [2.75, 3.05) is 5.32 Å². The van der Waals surface area contributed by atoms with Crippen molar-refractivity contribution in [3.8, 4) is 0 Å². The number of halogens is 1. The number of nitrogens with one attached hydrogen (secondary N) is 1. The molecule has 1 aliphatic heterocycles. The number of fused-ring (bicyclic) bond motifs is 1. The molecular formula is C12H9ClN2O2. The molecule has 0 saturated heterocycles. The first-order valence-corrected chi connectivity index (χ1v) is 5.74. The van der Waals surface area contributed by atoms with Crippen LogP contribution in [-0.4, -0.2) is 12.0 Å². The zero-order valence-corrected chi connectivity index (χ0v) is 9.67. The molecule has 0 radical (unpaired) electrons. The van der Waals surface area contributed by atoms with Crippen molar-refractivity contribution in [3.63, 3.8) is 0 Å². The normalized spacial score (nSPS) is 19.2. The molecule has 1 saturated carbocycles. The highest BCUT2D eigenvalue weighted by molar-refractivity contribution is 6.31. The van der Waals surface area contributed by atoms with E-state index in [1.807, 2.05) is 0 Å². The van der Waals surface area contributed by atoms with Gasteiger partial charge in [0.1, 0.15) is 5.54 Å². The van der Waals surface area contributed by atoms with Crippen LogP contribution in [0.5, 0.6) is 0 Å². The van der Waals surface area contributed by atoms with Crippen LogP contribution in [0.1, 0.15) is 24.0 Å². The van der Waals surface area contributed by atoms with E-state index in [1.165, 1.54) is 0 Å². The fraction of sp³-hybridized carbons (Fsp3) is 0.333. The van der Waals surface area contributed by atoms with E-state index < -0.39 is 5.54 Å². The second-order valence-corrected chi connectivity index (χ2v) is 4.88. The van der Waals surface area contributed by atoms with Gasteiger partial charge in [-0.1, -0.05) is 11.6 Å². The van der Waals surface area contributed by atoms with Crippen LogP contribution in [0.4, 0.5) is 5.69 Å². The maximum absolute atomic E-state index is 11.4. The van der Waals surface area contributed by atoms with Crippen molar-refractivity contribution in [2.45, 2.75) is 24.8 Å². The van der Waals surface area contributed by atoms with Crippen LogP contribution in [0.2, 0.25) is 5.02 Å². The molecule has 1 aromatic rings. The minimum absolute atomic E-state index is 0.0469. The average molecular weight is 249 g/mol. The Kier molecular flexibility index (Phi) is 2.12. The van der Waals surface area contributed by atoms with Gasteiger partial charge >= 0.3 is 0 Å². The first-order valence-electron chi connectivity index (χ1n) is 5.36. The van der Waals surface area contributed by atoms with Gasteiger partial charge < -0.3 is 5.32 Å². The van der Waals surface area contributed by atoms with E-state index in [0.717, 1.165) is 29.7 Å². The molecule has 1 heterocycles. The summed E-state index contributed by atoms with van der Waals surface area (Å²) in [6.45, 7) is 0. The molecule has 2 aliphatic rings. The number of carbonyl (C=O) groups is 1. The number of hydrogen-bond donors (Lipinski definition) is 1. The molecule has 0 bridgehead atoms. The second-order valence-electron chi connectivity index (χ2n) is 4.45. The Bertz CT molecular complexity index is 572. The molecule has 3 rings (SSSR count). The number of amides is 1. The summed E-state index contributed by atoms with van der Waals surface area (Å²) in [5.41, 5.74) is 1.99. The molecule has 0 aromatic heterocycles. The molecule has 1 aromatic carbocycles. The standard InChI is InChI=1S/C12H9ClN2O2/c13-8-3-7-4-10(17)15-11(7)9(5-8)12(1-2-12)14-6-16/h3,5H,1-2,4H2,(H,15,17). The third-order valence-corrected chi connectivity index (χ3v) is 3.50. The third kappa shape index (κ3) is 1.57. The fourth-order valence-electron chi connectivity index (χ4n) is 2.32. The number of hydrogen-bond acceptors (Lipinski definition) is 3. The van der Waals surface area contributed by atoms with Crippen molar-refractivity contribution >= 4 is 29.3 Å². The van der Waals surface area contributed by atoms with E-state index in [1.54, 1.807) is 18.2 Å². The predicted octanol–water partition coefficient (Wildman–Crippen LogP) is 2.16. The molecule has 1 aliphatic carbocycles. The largest absolute Gasteiger partial charge is 0.325 e. The van der Waals surface area contributed by atoms with Gasteiger partial charge in [0, 0.05) is 10.6 Å². The zero-order chi connectivity index (χ0) is 12.0. The van der Waals surface area contributed by atoms with E-state index in [0.29, 0.717) is 11.4 Å². The topological polar surface area (TPSA) is 58.5 Å². The lowest BCUT2D eigenvalue weighted by molar-refractivity contribution is -0.115. The van der Waals surface area contributed by atoms with Gasteiger partial charge in [0.05, 0.1) is 12.1 Å². The van der Waals surface area contributed by atoms with E-state index in [4.69, 9.17) is 11.6 Å². The highest BCUT2D eigenvalue weighted by atomic mass is 35.5. The van der Waals surface area contributed by atoms with Crippen LogP contribution < -0.4 is 5.32 Å². The van der Waals surface area contributed by atoms with Crippen molar-refractivity contribution in [1.82, 2.24) is 0 Å². The third-order valence-electron chi connectivity index (χ3n) is 3.28. The molecular weight excluding hydrogens is 240 g/mol. The summed E-state index contributed by atoms with van der Waals surface area (Å²) >= 11 is 6.03. The number of rotatable bonds is 2. The lowest BCUT2D eigenvalue weighted by atomic mass is 10.00. The summed E-state index contributed by atoms with van der Waals surface area (Å²) in [5.74, 6) is -0.0469. The number of aliphatic imine (C=N–C) groups is 1. The molecule has 17 heavy (non-hydrogen) atoms. The summed E-state index contributed by atoms with van der Waals surface area (Å²) in [5, 5.41) is 3.38. The Balaban J connectivity index is 2.18. The summed E-state index contributed by atoms with van der Waals surface area (Å²) in [6.07, 6.45) is 3.54. The van der Waals surface area contributed by atoms with Crippen LogP contribution in [0.15, 0.2) is 17.1 Å². The quantitative estimate of drug-likeness (QED) is 0.644. The Morgan fingerprint density at radius 2 is 2.18 bits per heavy atom.